The zero-order valence-electron chi connectivity index (χ0n) is 15.6. The maximum Gasteiger partial charge on any atom is 0.119 e. The maximum absolute atomic E-state index is 3.66. The molecule has 1 aromatic heterocycles. The Labute approximate surface area is 158 Å². The minimum absolute atomic E-state index is 0. The summed E-state index contributed by atoms with van der Waals surface area (Å²) in [5, 5.41) is 0. The predicted octanol–water partition coefficient (Wildman–Crippen LogP) is 2.14. The average molecular weight is 426 g/mol. The second kappa shape index (κ2) is 7.84. The van der Waals surface area contributed by atoms with Crippen molar-refractivity contribution in [1.82, 2.24) is 4.98 Å². The lowest BCUT2D eigenvalue weighted by atomic mass is 9.87. The molecule has 0 fully saturated rings. The van der Waals surface area contributed by atoms with Crippen LogP contribution < -0.4 is 24.0 Å². The van der Waals surface area contributed by atoms with Crippen molar-refractivity contribution in [3.63, 3.8) is 0 Å². The summed E-state index contributed by atoms with van der Waals surface area (Å²) in [6, 6.07) is 11.2. The van der Waals surface area contributed by atoms with Gasteiger partial charge in [-0.25, -0.2) is 0 Å². The number of quaternary nitrogens is 1. The molecule has 128 valence electrons. The number of rotatable bonds is 5. The van der Waals surface area contributed by atoms with Crippen LogP contribution in [0.4, 0.5) is 0 Å². The average Bonchev–Trinajstić information content (AvgIpc) is 2.83. The van der Waals surface area contributed by atoms with Crippen LogP contribution in [0.3, 0.4) is 0 Å². The van der Waals surface area contributed by atoms with E-state index in [1.165, 1.54) is 28.1 Å². The lowest BCUT2D eigenvalue weighted by Gasteiger charge is -2.23. The molecule has 0 saturated heterocycles. The molecule has 1 heterocycles. The molecule has 2 nitrogen and oxygen atoms in total. The Bertz CT molecular complexity index is 607. The van der Waals surface area contributed by atoms with Gasteiger partial charge in [0, 0.05) is 11.3 Å². The molecule has 2 aromatic rings. The third kappa shape index (κ3) is 5.08. The molecule has 0 amide bonds. The summed E-state index contributed by atoms with van der Waals surface area (Å²) in [6.07, 6.45) is 0. The van der Waals surface area contributed by atoms with Gasteiger partial charge in [0.25, 0.3) is 0 Å². The van der Waals surface area contributed by atoms with Gasteiger partial charge in [-0.2, -0.15) is 0 Å². The highest BCUT2D eigenvalue weighted by Crippen LogP contribution is 2.35. The summed E-state index contributed by atoms with van der Waals surface area (Å²) in [5.41, 5.74) is 6.84. The van der Waals surface area contributed by atoms with E-state index in [-0.39, 0.29) is 24.0 Å². The van der Waals surface area contributed by atoms with Gasteiger partial charge in [-0.3, -0.25) is 0 Å². The van der Waals surface area contributed by atoms with E-state index in [4.69, 9.17) is 0 Å². The molecular weight excluding hydrogens is 395 g/mol. The van der Waals surface area contributed by atoms with Crippen molar-refractivity contribution >= 4 is 0 Å². The fraction of sp³-hybridized carbons (Fsp3) is 0.500. The Morgan fingerprint density at radius 1 is 0.870 bits per heavy atom. The second-order valence-electron chi connectivity index (χ2n) is 7.97. The van der Waals surface area contributed by atoms with Crippen LogP contribution in [0.5, 0.6) is 0 Å². The van der Waals surface area contributed by atoms with Crippen molar-refractivity contribution in [2.45, 2.75) is 46.1 Å². The maximum atomic E-state index is 3.66. The zero-order valence-corrected chi connectivity index (χ0v) is 17.7. The number of hydrogen-bond donors (Lipinski definition) is 1. The molecule has 0 spiro atoms. The van der Waals surface area contributed by atoms with Gasteiger partial charge < -0.3 is 33.4 Å². The lowest BCUT2D eigenvalue weighted by Crippen LogP contribution is -3.00. The minimum atomic E-state index is 0. The van der Waals surface area contributed by atoms with Crippen LogP contribution in [0.25, 0.3) is 11.3 Å². The third-order valence-electron chi connectivity index (χ3n) is 4.03. The van der Waals surface area contributed by atoms with Crippen LogP contribution in [0.1, 0.15) is 56.4 Å². The fourth-order valence-electron chi connectivity index (χ4n) is 3.05. The number of nitrogens with one attached hydrogen (secondary N) is 1. The number of hydrogen-bond acceptors (Lipinski definition) is 0. The summed E-state index contributed by atoms with van der Waals surface area (Å²) in [7, 11) is 6.67. The molecule has 0 atom stereocenters. The number of aromatic amines is 1. The predicted molar refractivity (Wildman–Crippen MR) is 96.1 cm³/mol. The smallest absolute Gasteiger partial charge is 0.119 e. The quantitative estimate of drug-likeness (QED) is 0.557. The Balaban J connectivity index is 0.00000264. The highest BCUT2D eigenvalue weighted by atomic mass is 127. The largest absolute Gasteiger partial charge is 1.00 e. The lowest BCUT2D eigenvalue weighted by molar-refractivity contribution is -0.884. The zero-order chi connectivity index (χ0) is 16.5. The summed E-state index contributed by atoms with van der Waals surface area (Å²) in [6.45, 7) is 10.1. The highest BCUT2D eigenvalue weighted by Gasteiger charge is 2.17. The number of aromatic nitrogens is 1. The van der Waals surface area contributed by atoms with E-state index in [1.807, 2.05) is 0 Å². The summed E-state index contributed by atoms with van der Waals surface area (Å²) in [4.78, 5) is 3.66. The SMILES string of the molecule is CC(C)c1cccc(C(C)C)c1-c1ccc(C[N+](C)(C)C)[nH]1.[I-]. The first kappa shape index (κ1) is 20.2. The van der Waals surface area contributed by atoms with E-state index in [9.17, 15) is 0 Å². The van der Waals surface area contributed by atoms with Crippen molar-refractivity contribution in [2.75, 3.05) is 21.1 Å². The molecule has 0 aliphatic heterocycles. The van der Waals surface area contributed by atoms with Crippen LogP contribution >= 0.6 is 0 Å². The second-order valence-corrected chi connectivity index (χ2v) is 7.97. The summed E-state index contributed by atoms with van der Waals surface area (Å²) in [5.74, 6) is 1.05. The van der Waals surface area contributed by atoms with Crippen LogP contribution in [0.2, 0.25) is 0 Å². The molecule has 0 aliphatic carbocycles. The molecule has 0 radical (unpaired) electrons. The fourth-order valence-corrected chi connectivity index (χ4v) is 3.05. The summed E-state index contributed by atoms with van der Waals surface area (Å²) >= 11 is 0. The molecule has 3 heteroatoms. The van der Waals surface area contributed by atoms with Crippen molar-refractivity contribution in [3.8, 4) is 11.3 Å². The van der Waals surface area contributed by atoms with Crippen LogP contribution in [0.15, 0.2) is 30.3 Å². The minimum Gasteiger partial charge on any atom is -1.00 e. The molecule has 23 heavy (non-hydrogen) atoms. The van der Waals surface area contributed by atoms with Crippen molar-refractivity contribution in [3.05, 3.63) is 47.2 Å². The molecular formula is C20H31IN2. The van der Waals surface area contributed by atoms with Gasteiger partial charge in [-0.15, -0.1) is 0 Å². The topological polar surface area (TPSA) is 15.8 Å². The first-order chi connectivity index (χ1) is 10.2. The van der Waals surface area contributed by atoms with E-state index in [0.717, 1.165) is 11.0 Å². The Kier molecular flexibility index (Phi) is 6.90. The van der Waals surface area contributed by atoms with Crippen LogP contribution in [-0.4, -0.2) is 30.6 Å². The monoisotopic (exact) mass is 426 g/mol. The molecule has 2 rings (SSSR count). The number of benzene rings is 1. The van der Waals surface area contributed by atoms with E-state index in [0.29, 0.717) is 11.8 Å². The number of nitrogens with zero attached hydrogens (tertiary/aromatic N) is 1. The first-order valence-electron chi connectivity index (χ1n) is 8.30. The van der Waals surface area contributed by atoms with Gasteiger partial charge in [-0.1, -0.05) is 45.9 Å². The van der Waals surface area contributed by atoms with Gasteiger partial charge in [-0.05, 0) is 35.1 Å². The molecule has 0 aliphatic rings. The number of H-pyrrole nitrogens is 1. The van der Waals surface area contributed by atoms with E-state index in [1.54, 1.807) is 0 Å². The van der Waals surface area contributed by atoms with Crippen molar-refractivity contribution in [2.24, 2.45) is 0 Å². The molecule has 0 saturated carbocycles. The third-order valence-corrected chi connectivity index (χ3v) is 4.03. The Morgan fingerprint density at radius 3 is 1.83 bits per heavy atom. The standard InChI is InChI=1S/C20H31N2.HI/c1-14(2)17-9-8-10-18(15(3)4)20(17)19-12-11-16(21-19)13-22(5,6)7;/h8-12,14-15,21H,13H2,1-7H3;1H/q+1;/p-1. The van der Waals surface area contributed by atoms with E-state index >= 15 is 0 Å². The Morgan fingerprint density at radius 2 is 1.39 bits per heavy atom. The van der Waals surface area contributed by atoms with Gasteiger partial charge >= 0.3 is 0 Å². The van der Waals surface area contributed by atoms with Crippen molar-refractivity contribution in [1.29, 1.82) is 0 Å². The Hall–Kier alpha value is -0.810. The van der Waals surface area contributed by atoms with E-state index < -0.39 is 0 Å². The normalized spacial score (nSPS) is 11.9. The van der Waals surface area contributed by atoms with Gasteiger partial charge in [0.2, 0.25) is 0 Å². The van der Waals surface area contributed by atoms with Gasteiger partial charge in [0.15, 0.2) is 0 Å². The molecule has 1 aromatic carbocycles. The van der Waals surface area contributed by atoms with Gasteiger partial charge in [0.1, 0.15) is 6.54 Å². The highest BCUT2D eigenvalue weighted by molar-refractivity contribution is 5.70. The molecule has 0 bridgehead atoms. The van der Waals surface area contributed by atoms with Gasteiger partial charge in [0.05, 0.1) is 26.8 Å². The van der Waals surface area contributed by atoms with Crippen molar-refractivity contribution < 1.29 is 28.5 Å². The molecule has 1 N–H and O–H groups in total. The number of halogens is 1. The van der Waals surface area contributed by atoms with Crippen LogP contribution in [0, 0.1) is 0 Å². The van der Waals surface area contributed by atoms with Crippen LogP contribution in [-0.2, 0) is 6.54 Å². The van der Waals surface area contributed by atoms with E-state index in [2.05, 4.69) is 84.2 Å². The summed E-state index contributed by atoms with van der Waals surface area (Å²) < 4.78 is 0.933. The molecule has 0 unspecified atom stereocenters. The first-order valence-corrected chi connectivity index (χ1v) is 8.30.